The smallest absolute Gasteiger partial charge is 0.331 e. The van der Waals surface area contributed by atoms with Crippen molar-refractivity contribution in [2.45, 2.75) is 32.3 Å². The van der Waals surface area contributed by atoms with Gasteiger partial charge < -0.3 is 4.74 Å². The van der Waals surface area contributed by atoms with E-state index in [2.05, 4.69) is 0 Å². The van der Waals surface area contributed by atoms with Crippen LogP contribution in [0.15, 0.2) is 42.5 Å². The molecule has 0 aromatic heterocycles. The first-order chi connectivity index (χ1) is 9.08. The third-order valence-electron chi connectivity index (χ3n) is 3.62. The highest BCUT2D eigenvalue weighted by Crippen LogP contribution is 2.40. The van der Waals surface area contributed by atoms with E-state index in [-0.39, 0.29) is 17.7 Å². The highest BCUT2D eigenvalue weighted by Gasteiger charge is 2.43. The van der Waals surface area contributed by atoms with Crippen LogP contribution in [0.25, 0.3) is 0 Å². The van der Waals surface area contributed by atoms with Gasteiger partial charge in [-0.25, -0.2) is 4.79 Å². The molecular formula is C16H18O3. The molecule has 0 N–H and O–H groups in total. The summed E-state index contributed by atoms with van der Waals surface area (Å²) in [4.78, 5) is 23.2. The zero-order chi connectivity index (χ0) is 13.9. The van der Waals surface area contributed by atoms with E-state index in [4.69, 9.17) is 4.74 Å². The van der Waals surface area contributed by atoms with Crippen LogP contribution in [0, 0.1) is 5.92 Å². The Morgan fingerprint density at radius 3 is 2.53 bits per heavy atom. The molecule has 0 saturated carbocycles. The number of carbonyl (C=O) groups is 2. The average molecular weight is 258 g/mol. The van der Waals surface area contributed by atoms with E-state index >= 15 is 0 Å². The van der Waals surface area contributed by atoms with Crippen LogP contribution in [-0.2, 0) is 19.9 Å². The number of ketones is 1. The molecule has 1 aromatic carbocycles. The van der Waals surface area contributed by atoms with Gasteiger partial charge in [0.2, 0.25) is 0 Å². The minimum atomic E-state index is -0.802. The largest absolute Gasteiger partial charge is 0.446 e. The molecule has 0 fully saturated rings. The van der Waals surface area contributed by atoms with E-state index in [1.165, 1.54) is 6.08 Å². The lowest BCUT2D eigenvalue weighted by molar-refractivity contribution is -0.151. The predicted octanol–water partition coefficient (Wildman–Crippen LogP) is 3.00. The minimum absolute atomic E-state index is 0.0787. The van der Waals surface area contributed by atoms with Crippen LogP contribution in [-0.4, -0.2) is 11.8 Å². The fourth-order valence-corrected chi connectivity index (χ4v) is 2.47. The van der Waals surface area contributed by atoms with Crippen LogP contribution in [0.3, 0.4) is 0 Å². The number of hydrogen-bond acceptors (Lipinski definition) is 3. The zero-order valence-corrected chi connectivity index (χ0v) is 11.3. The first-order valence-electron chi connectivity index (χ1n) is 6.58. The number of esters is 1. The summed E-state index contributed by atoms with van der Waals surface area (Å²) in [7, 11) is 0. The van der Waals surface area contributed by atoms with Gasteiger partial charge in [-0.05, 0) is 11.6 Å². The predicted molar refractivity (Wildman–Crippen MR) is 72.4 cm³/mol. The lowest BCUT2D eigenvalue weighted by Crippen LogP contribution is -2.34. The fraction of sp³-hybridized carbons (Fsp3) is 0.375. The van der Waals surface area contributed by atoms with Gasteiger partial charge in [0.1, 0.15) is 5.78 Å². The molecule has 1 aromatic rings. The van der Waals surface area contributed by atoms with Gasteiger partial charge in [0, 0.05) is 24.8 Å². The molecule has 0 radical (unpaired) electrons. The Morgan fingerprint density at radius 1 is 1.32 bits per heavy atom. The van der Waals surface area contributed by atoms with Crippen LogP contribution in [0.1, 0.15) is 32.3 Å². The van der Waals surface area contributed by atoms with Crippen molar-refractivity contribution in [3.8, 4) is 0 Å². The van der Waals surface area contributed by atoms with Crippen molar-refractivity contribution >= 4 is 11.8 Å². The number of benzene rings is 1. The molecule has 0 bridgehead atoms. The maximum absolute atomic E-state index is 11.7. The minimum Gasteiger partial charge on any atom is -0.446 e. The average Bonchev–Trinajstić information content (AvgIpc) is 2.83. The molecule has 1 heterocycles. The third-order valence-corrected chi connectivity index (χ3v) is 3.62. The summed E-state index contributed by atoms with van der Waals surface area (Å²) in [5, 5.41) is 0. The van der Waals surface area contributed by atoms with Crippen molar-refractivity contribution in [1.82, 2.24) is 0 Å². The number of ether oxygens (including phenoxy) is 1. The molecule has 3 heteroatoms. The number of carbonyl (C=O) groups excluding carboxylic acids is 2. The first-order valence-corrected chi connectivity index (χ1v) is 6.58. The first kappa shape index (κ1) is 13.5. The second kappa shape index (κ2) is 5.39. The summed E-state index contributed by atoms with van der Waals surface area (Å²) in [6, 6.07) is 9.59. The van der Waals surface area contributed by atoms with E-state index < -0.39 is 5.60 Å². The van der Waals surface area contributed by atoms with E-state index in [1.807, 2.05) is 44.2 Å². The fourth-order valence-electron chi connectivity index (χ4n) is 2.47. The van der Waals surface area contributed by atoms with Crippen molar-refractivity contribution in [3.63, 3.8) is 0 Å². The van der Waals surface area contributed by atoms with Crippen molar-refractivity contribution in [3.05, 3.63) is 48.0 Å². The molecule has 0 amide bonds. The van der Waals surface area contributed by atoms with Gasteiger partial charge in [-0.15, -0.1) is 0 Å². The summed E-state index contributed by atoms with van der Waals surface area (Å²) >= 11 is 0. The number of rotatable bonds is 5. The molecule has 0 unspecified atom stereocenters. The molecular weight excluding hydrogens is 240 g/mol. The molecule has 2 atom stereocenters. The molecule has 19 heavy (non-hydrogen) atoms. The van der Waals surface area contributed by atoms with E-state index in [0.717, 1.165) is 5.56 Å². The van der Waals surface area contributed by atoms with Crippen molar-refractivity contribution in [1.29, 1.82) is 0 Å². The van der Waals surface area contributed by atoms with Gasteiger partial charge in [-0.1, -0.05) is 44.2 Å². The van der Waals surface area contributed by atoms with Gasteiger partial charge in [-0.3, -0.25) is 4.79 Å². The third kappa shape index (κ3) is 2.60. The molecule has 0 aliphatic carbocycles. The summed E-state index contributed by atoms with van der Waals surface area (Å²) in [5.74, 6) is -0.246. The Labute approximate surface area is 113 Å². The molecule has 2 rings (SSSR count). The molecule has 1 aliphatic heterocycles. The molecule has 100 valence electrons. The summed E-state index contributed by atoms with van der Waals surface area (Å²) in [5.41, 5.74) is 0.108. The molecule has 3 nitrogen and oxygen atoms in total. The van der Waals surface area contributed by atoms with Crippen LogP contribution >= 0.6 is 0 Å². The van der Waals surface area contributed by atoms with Gasteiger partial charge in [0.15, 0.2) is 5.60 Å². The molecule has 1 aliphatic rings. The van der Waals surface area contributed by atoms with Crippen LogP contribution in [0.5, 0.6) is 0 Å². The topological polar surface area (TPSA) is 43.4 Å². The Morgan fingerprint density at radius 2 is 2.00 bits per heavy atom. The SMILES string of the molecule is CCC(=O)C[C@H](C)[C@]1(c2ccccc2)C=CC(=O)O1. The van der Waals surface area contributed by atoms with Gasteiger partial charge in [0.25, 0.3) is 0 Å². The van der Waals surface area contributed by atoms with E-state index in [0.29, 0.717) is 12.8 Å². The number of Topliss-reactive ketones (excluding diaryl/α,β-unsaturated/α-hetero) is 1. The summed E-state index contributed by atoms with van der Waals surface area (Å²) < 4.78 is 5.54. The normalized spacial score (nSPS) is 23.2. The second-order valence-corrected chi connectivity index (χ2v) is 4.91. The van der Waals surface area contributed by atoms with E-state index in [9.17, 15) is 9.59 Å². The quantitative estimate of drug-likeness (QED) is 0.762. The Balaban J connectivity index is 2.34. The monoisotopic (exact) mass is 258 g/mol. The van der Waals surface area contributed by atoms with Crippen LogP contribution in [0.2, 0.25) is 0 Å². The summed E-state index contributed by atoms with van der Waals surface area (Å²) in [6.45, 7) is 3.80. The maximum Gasteiger partial charge on any atom is 0.331 e. The van der Waals surface area contributed by atoms with Crippen molar-refractivity contribution in [2.75, 3.05) is 0 Å². The second-order valence-electron chi connectivity index (χ2n) is 4.91. The highest BCUT2D eigenvalue weighted by atomic mass is 16.6. The Kier molecular flexibility index (Phi) is 3.84. The number of hydrogen-bond donors (Lipinski definition) is 0. The maximum atomic E-state index is 11.7. The summed E-state index contributed by atoms with van der Waals surface area (Å²) in [6.07, 6.45) is 4.13. The van der Waals surface area contributed by atoms with Crippen molar-refractivity contribution in [2.24, 2.45) is 5.92 Å². The molecule has 0 saturated heterocycles. The standard InChI is InChI=1S/C16H18O3/c1-3-14(17)11-12(2)16(10-9-15(18)19-16)13-7-5-4-6-8-13/h4-10,12H,3,11H2,1-2H3/t12-,16-/m0/s1. The highest BCUT2D eigenvalue weighted by molar-refractivity contribution is 5.86. The zero-order valence-electron chi connectivity index (χ0n) is 11.3. The van der Waals surface area contributed by atoms with Gasteiger partial charge >= 0.3 is 5.97 Å². The van der Waals surface area contributed by atoms with Crippen molar-refractivity contribution < 1.29 is 14.3 Å². The van der Waals surface area contributed by atoms with E-state index in [1.54, 1.807) is 6.08 Å². The lowest BCUT2D eigenvalue weighted by atomic mass is 9.79. The van der Waals surface area contributed by atoms with Crippen LogP contribution < -0.4 is 0 Å². The molecule has 0 spiro atoms. The van der Waals surface area contributed by atoms with Gasteiger partial charge in [-0.2, -0.15) is 0 Å². The lowest BCUT2D eigenvalue weighted by Gasteiger charge is -2.33. The Bertz CT molecular complexity index is 504. The number of cyclic esters (lactones) is 1. The Hall–Kier alpha value is -1.90. The van der Waals surface area contributed by atoms with Gasteiger partial charge in [0.05, 0.1) is 0 Å². The van der Waals surface area contributed by atoms with Crippen LogP contribution in [0.4, 0.5) is 0 Å².